The van der Waals surface area contributed by atoms with Crippen molar-refractivity contribution in [2.45, 2.75) is 59.5 Å². The van der Waals surface area contributed by atoms with Crippen molar-refractivity contribution in [1.82, 2.24) is 10.6 Å². The zero-order valence-corrected chi connectivity index (χ0v) is 12.7. The van der Waals surface area contributed by atoms with Crippen LogP contribution in [0.1, 0.15) is 56.3 Å². The molecular weight excluding hydrogens is 236 g/mol. The first kappa shape index (κ1) is 15.5. The number of hydrogen-bond acceptors (Lipinski definition) is 1. The van der Waals surface area contributed by atoms with Crippen LogP contribution in [0.2, 0.25) is 0 Å². The van der Waals surface area contributed by atoms with Crippen molar-refractivity contribution in [3.63, 3.8) is 0 Å². The number of hydrogen-bond donors (Lipinski definition) is 2. The van der Waals surface area contributed by atoms with Crippen molar-refractivity contribution in [2.24, 2.45) is 0 Å². The Labute approximate surface area is 116 Å². The Morgan fingerprint density at radius 1 is 1.16 bits per heavy atom. The fraction of sp³-hybridized carbons (Fsp3) is 0.562. The molecule has 0 saturated carbocycles. The van der Waals surface area contributed by atoms with E-state index in [0.29, 0.717) is 0 Å². The van der Waals surface area contributed by atoms with Crippen LogP contribution in [0.5, 0.6) is 0 Å². The maximum Gasteiger partial charge on any atom is 0.315 e. The van der Waals surface area contributed by atoms with E-state index in [-0.39, 0.29) is 18.1 Å². The van der Waals surface area contributed by atoms with E-state index in [1.807, 2.05) is 6.92 Å². The highest BCUT2D eigenvalue weighted by Crippen LogP contribution is 2.21. The molecule has 0 aliphatic carbocycles. The van der Waals surface area contributed by atoms with E-state index in [4.69, 9.17) is 0 Å². The largest absolute Gasteiger partial charge is 0.336 e. The molecule has 1 rings (SSSR count). The molecule has 2 amide bonds. The molecule has 0 unspecified atom stereocenters. The Morgan fingerprint density at radius 3 is 2.37 bits per heavy atom. The lowest BCUT2D eigenvalue weighted by Gasteiger charge is -2.21. The van der Waals surface area contributed by atoms with Crippen molar-refractivity contribution < 1.29 is 4.79 Å². The lowest BCUT2D eigenvalue weighted by atomic mass is 9.97. The summed E-state index contributed by atoms with van der Waals surface area (Å²) in [5.41, 5.74) is 3.68. The number of carbonyl (C=O) groups is 1. The molecule has 0 aromatic heterocycles. The smallest absolute Gasteiger partial charge is 0.315 e. The first-order valence-electron chi connectivity index (χ1n) is 7.12. The van der Waals surface area contributed by atoms with Gasteiger partial charge in [0.25, 0.3) is 0 Å². The molecule has 0 aliphatic rings. The van der Waals surface area contributed by atoms with E-state index < -0.39 is 0 Å². The highest BCUT2D eigenvalue weighted by Gasteiger charge is 2.15. The summed E-state index contributed by atoms with van der Waals surface area (Å²) < 4.78 is 0. The zero-order chi connectivity index (χ0) is 14.4. The van der Waals surface area contributed by atoms with Gasteiger partial charge in [-0.15, -0.1) is 0 Å². The third kappa shape index (κ3) is 4.58. The molecule has 0 spiro atoms. The molecule has 106 valence electrons. The third-order valence-electron chi connectivity index (χ3n) is 3.50. The predicted molar refractivity (Wildman–Crippen MR) is 80.4 cm³/mol. The second kappa shape index (κ2) is 7.17. The SMILES string of the molecule is CC[C@H](C)NC(=O)N[C@H](CC)c1ccc(C)cc1C. The first-order chi connectivity index (χ1) is 8.97. The molecule has 0 aliphatic heterocycles. The lowest BCUT2D eigenvalue weighted by molar-refractivity contribution is 0.233. The van der Waals surface area contributed by atoms with E-state index in [2.05, 4.69) is 56.5 Å². The molecule has 0 saturated heterocycles. The van der Waals surface area contributed by atoms with Gasteiger partial charge in [0, 0.05) is 6.04 Å². The Hall–Kier alpha value is -1.51. The molecule has 0 heterocycles. The van der Waals surface area contributed by atoms with Crippen LogP contribution >= 0.6 is 0 Å². The topological polar surface area (TPSA) is 41.1 Å². The Balaban J connectivity index is 2.75. The van der Waals surface area contributed by atoms with Crippen LogP contribution in [0.15, 0.2) is 18.2 Å². The van der Waals surface area contributed by atoms with Gasteiger partial charge in [0.2, 0.25) is 0 Å². The minimum atomic E-state index is -0.0822. The van der Waals surface area contributed by atoms with E-state index >= 15 is 0 Å². The van der Waals surface area contributed by atoms with Crippen molar-refractivity contribution in [3.05, 3.63) is 34.9 Å². The van der Waals surface area contributed by atoms with Crippen molar-refractivity contribution in [1.29, 1.82) is 0 Å². The fourth-order valence-corrected chi connectivity index (χ4v) is 2.14. The maximum absolute atomic E-state index is 11.9. The maximum atomic E-state index is 11.9. The van der Waals surface area contributed by atoms with Crippen molar-refractivity contribution in [2.75, 3.05) is 0 Å². The van der Waals surface area contributed by atoms with E-state index in [9.17, 15) is 4.79 Å². The summed E-state index contributed by atoms with van der Waals surface area (Å²) in [5.74, 6) is 0. The molecule has 2 N–H and O–H groups in total. The molecule has 19 heavy (non-hydrogen) atoms. The molecule has 3 nitrogen and oxygen atoms in total. The molecule has 2 atom stereocenters. The average molecular weight is 262 g/mol. The van der Waals surface area contributed by atoms with Crippen LogP contribution in [-0.2, 0) is 0 Å². The summed E-state index contributed by atoms with van der Waals surface area (Å²) in [6.45, 7) is 10.3. The van der Waals surface area contributed by atoms with Gasteiger partial charge in [-0.05, 0) is 44.7 Å². The van der Waals surface area contributed by atoms with Crippen LogP contribution in [0.4, 0.5) is 4.79 Å². The Kier molecular flexibility index (Phi) is 5.87. The van der Waals surface area contributed by atoms with Crippen LogP contribution in [-0.4, -0.2) is 12.1 Å². The average Bonchev–Trinajstić information content (AvgIpc) is 2.36. The van der Waals surface area contributed by atoms with Gasteiger partial charge in [-0.25, -0.2) is 4.79 Å². The van der Waals surface area contributed by atoms with Gasteiger partial charge in [-0.3, -0.25) is 0 Å². The lowest BCUT2D eigenvalue weighted by Crippen LogP contribution is -2.42. The highest BCUT2D eigenvalue weighted by atomic mass is 16.2. The van der Waals surface area contributed by atoms with Gasteiger partial charge in [0.15, 0.2) is 0 Å². The Morgan fingerprint density at radius 2 is 1.84 bits per heavy atom. The quantitative estimate of drug-likeness (QED) is 0.831. The second-order valence-corrected chi connectivity index (χ2v) is 5.25. The number of amides is 2. The van der Waals surface area contributed by atoms with E-state index in [1.165, 1.54) is 16.7 Å². The number of benzene rings is 1. The summed E-state index contributed by atoms with van der Waals surface area (Å²) in [4.78, 5) is 11.9. The first-order valence-corrected chi connectivity index (χ1v) is 7.12. The molecule has 3 heteroatoms. The summed E-state index contributed by atoms with van der Waals surface area (Å²) in [5, 5.41) is 6.00. The van der Waals surface area contributed by atoms with Crippen molar-refractivity contribution >= 4 is 6.03 Å². The number of aryl methyl sites for hydroxylation is 2. The van der Waals surface area contributed by atoms with Crippen molar-refractivity contribution in [3.8, 4) is 0 Å². The summed E-state index contributed by atoms with van der Waals surface area (Å²) in [7, 11) is 0. The molecule has 1 aromatic carbocycles. The Bertz CT molecular complexity index is 429. The monoisotopic (exact) mass is 262 g/mol. The van der Waals surface area contributed by atoms with Crippen LogP contribution < -0.4 is 10.6 Å². The normalized spacial score (nSPS) is 13.7. The zero-order valence-electron chi connectivity index (χ0n) is 12.7. The van der Waals surface area contributed by atoms with Gasteiger partial charge < -0.3 is 10.6 Å². The van der Waals surface area contributed by atoms with Gasteiger partial charge in [-0.1, -0.05) is 37.6 Å². The van der Waals surface area contributed by atoms with Gasteiger partial charge in [-0.2, -0.15) is 0 Å². The summed E-state index contributed by atoms with van der Waals surface area (Å²) in [6, 6.07) is 6.57. The number of carbonyl (C=O) groups excluding carboxylic acids is 1. The summed E-state index contributed by atoms with van der Waals surface area (Å²) >= 11 is 0. The predicted octanol–water partition coefficient (Wildman–Crippen LogP) is 3.85. The minimum Gasteiger partial charge on any atom is -0.336 e. The fourth-order valence-electron chi connectivity index (χ4n) is 2.14. The molecule has 0 bridgehead atoms. The van der Waals surface area contributed by atoms with Crippen LogP contribution in [0.3, 0.4) is 0 Å². The molecule has 1 aromatic rings. The second-order valence-electron chi connectivity index (χ2n) is 5.25. The highest BCUT2D eigenvalue weighted by molar-refractivity contribution is 5.74. The molecular formula is C16H26N2O. The molecule has 0 radical (unpaired) electrons. The number of urea groups is 1. The van der Waals surface area contributed by atoms with Gasteiger partial charge in [0.1, 0.15) is 0 Å². The van der Waals surface area contributed by atoms with Gasteiger partial charge >= 0.3 is 6.03 Å². The van der Waals surface area contributed by atoms with Gasteiger partial charge in [0.05, 0.1) is 6.04 Å². The summed E-state index contributed by atoms with van der Waals surface area (Å²) in [6.07, 6.45) is 1.82. The van der Waals surface area contributed by atoms with E-state index in [0.717, 1.165) is 12.8 Å². The van der Waals surface area contributed by atoms with Crippen LogP contribution in [0.25, 0.3) is 0 Å². The third-order valence-corrected chi connectivity index (χ3v) is 3.50. The minimum absolute atomic E-state index is 0.0738. The standard InChI is InChI=1S/C16H26N2O/c1-6-13(5)17-16(19)18-15(7-2)14-9-8-11(3)10-12(14)4/h8-10,13,15H,6-7H2,1-5H3,(H2,17,18,19)/t13-,15+/m0/s1. The molecule has 0 fully saturated rings. The van der Waals surface area contributed by atoms with E-state index in [1.54, 1.807) is 0 Å². The van der Waals surface area contributed by atoms with Crippen LogP contribution in [0, 0.1) is 13.8 Å². The number of rotatable bonds is 5. The number of nitrogens with one attached hydrogen (secondary N) is 2.